The Morgan fingerprint density at radius 1 is 1.46 bits per heavy atom. The van der Waals surface area contributed by atoms with E-state index in [1.165, 1.54) is 17.4 Å². The van der Waals surface area contributed by atoms with Gasteiger partial charge in [-0.1, -0.05) is 19.1 Å². The van der Waals surface area contributed by atoms with E-state index in [1.54, 1.807) is 12.1 Å². The standard InChI is InChI=1S/C18H22FN3OS/c1-2-17(23)20-13-6-5-9-22(10-13)11-14-12-24-18(21-14)15-7-3-4-8-16(15)19/h3-4,7-8,12-13H,2,5-6,9-11H2,1H3,(H,20,23)/t13-/m1/s1. The molecule has 0 radical (unpaired) electrons. The van der Waals surface area contributed by atoms with Crippen molar-refractivity contribution in [2.45, 2.75) is 38.8 Å². The van der Waals surface area contributed by atoms with Crippen molar-refractivity contribution in [3.63, 3.8) is 0 Å². The number of nitrogens with zero attached hydrogens (tertiary/aromatic N) is 2. The van der Waals surface area contributed by atoms with E-state index < -0.39 is 0 Å². The van der Waals surface area contributed by atoms with E-state index in [-0.39, 0.29) is 17.8 Å². The van der Waals surface area contributed by atoms with Crippen molar-refractivity contribution in [2.75, 3.05) is 13.1 Å². The van der Waals surface area contributed by atoms with Gasteiger partial charge in [0.1, 0.15) is 10.8 Å². The molecule has 128 valence electrons. The van der Waals surface area contributed by atoms with Crippen LogP contribution >= 0.6 is 11.3 Å². The van der Waals surface area contributed by atoms with Gasteiger partial charge < -0.3 is 5.32 Å². The van der Waals surface area contributed by atoms with Crippen LogP contribution in [-0.4, -0.2) is 34.9 Å². The van der Waals surface area contributed by atoms with Gasteiger partial charge >= 0.3 is 0 Å². The van der Waals surface area contributed by atoms with E-state index in [9.17, 15) is 9.18 Å². The maximum absolute atomic E-state index is 13.9. The summed E-state index contributed by atoms with van der Waals surface area (Å²) in [6, 6.07) is 6.95. The van der Waals surface area contributed by atoms with Gasteiger partial charge in [-0.3, -0.25) is 9.69 Å². The van der Waals surface area contributed by atoms with E-state index in [0.717, 1.165) is 43.2 Å². The zero-order valence-electron chi connectivity index (χ0n) is 13.8. The summed E-state index contributed by atoms with van der Waals surface area (Å²) in [6.45, 7) is 4.46. The number of hydrogen-bond acceptors (Lipinski definition) is 4. The molecule has 1 aromatic carbocycles. The number of thiazole rings is 1. The molecule has 1 fully saturated rings. The third-order valence-electron chi connectivity index (χ3n) is 4.23. The number of likely N-dealkylation sites (tertiary alicyclic amines) is 1. The summed E-state index contributed by atoms with van der Waals surface area (Å²) < 4.78 is 13.9. The van der Waals surface area contributed by atoms with Gasteiger partial charge in [-0.25, -0.2) is 9.37 Å². The topological polar surface area (TPSA) is 45.2 Å². The summed E-state index contributed by atoms with van der Waals surface area (Å²) >= 11 is 1.47. The van der Waals surface area contributed by atoms with Crippen LogP contribution < -0.4 is 5.32 Å². The first-order chi connectivity index (χ1) is 11.7. The zero-order valence-corrected chi connectivity index (χ0v) is 14.6. The molecule has 6 heteroatoms. The first-order valence-electron chi connectivity index (χ1n) is 8.36. The van der Waals surface area contributed by atoms with E-state index in [1.807, 2.05) is 18.4 Å². The lowest BCUT2D eigenvalue weighted by molar-refractivity contribution is -0.121. The van der Waals surface area contributed by atoms with Crippen LogP contribution in [0.1, 0.15) is 31.9 Å². The van der Waals surface area contributed by atoms with Crippen LogP contribution in [0, 0.1) is 5.82 Å². The third kappa shape index (κ3) is 4.19. The monoisotopic (exact) mass is 347 g/mol. The van der Waals surface area contributed by atoms with Crippen LogP contribution in [0.5, 0.6) is 0 Å². The predicted molar refractivity (Wildman–Crippen MR) is 94.2 cm³/mol. The third-order valence-corrected chi connectivity index (χ3v) is 5.16. The van der Waals surface area contributed by atoms with Crippen molar-refractivity contribution in [3.05, 3.63) is 41.2 Å². The molecule has 3 rings (SSSR count). The van der Waals surface area contributed by atoms with E-state index in [2.05, 4.69) is 15.2 Å². The summed E-state index contributed by atoms with van der Waals surface area (Å²) in [5.41, 5.74) is 1.52. The second-order valence-electron chi connectivity index (χ2n) is 6.12. The average Bonchev–Trinajstić information content (AvgIpc) is 3.03. The van der Waals surface area contributed by atoms with Crippen molar-refractivity contribution in [2.24, 2.45) is 0 Å². The fourth-order valence-corrected chi connectivity index (χ4v) is 3.85. The van der Waals surface area contributed by atoms with Crippen molar-refractivity contribution in [3.8, 4) is 10.6 Å². The number of amides is 1. The fraction of sp³-hybridized carbons (Fsp3) is 0.444. The minimum Gasteiger partial charge on any atom is -0.352 e. The van der Waals surface area contributed by atoms with Crippen LogP contribution in [0.25, 0.3) is 10.6 Å². The van der Waals surface area contributed by atoms with Crippen LogP contribution in [0.3, 0.4) is 0 Å². The molecule has 2 heterocycles. The minimum absolute atomic E-state index is 0.109. The molecule has 1 amide bonds. The average molecular weight is 347 g/mol. The SMILES string of the molecule is CCC(=O)N[C@@H]1CCCN(Cc2csc(-c3ccccc3F)n2)C1. The number of benzene rings is 1. The highest BCUT2D eigenvalue weighted by atomic mass is 32.1. The smallest absolute Gasteiger partial charge is 0.219 e. The van der Waals surface area contributed by atoms with Crippen LogP contribution in [0.2, 0.25) is 0 Å². The lowest BCUT2D eigenvalue weighted by Crippen LogP contribution is -2.47. The Bertz CT molecular complexity index is 703. The molecule has 1 N–H and O–H groups in total. The van der Waals surface area contributed by atoms with Crippen LogP contribution in [0.15, 0.2) is 29.6 Å². The van der Waals surface area contributed by atoms with Gasteiger partial charge in [0.25, 0.3) is 0 Å². The lowest BCUT2D eigenvalue weighted by Gasteiger charge is -2.32. The molecule has 0 aliphatic carbocycles. The number of carbonyl (C=O) groups excluding carboxylic acids is 1. The Morgan fingerprint density at radius 3 is 3.08 bits per heavy atom. The highest BCUT2D eigenvalue weighted by Gasteiger charge is 2.21. The van der Waals surface area contributed by atoms with Crippen molar-refractivity contribution >= 4 is 17.2 Å². The van der Waals surface area contributed by atoms with E-state index in [0.29, 0.717) is 12.0 Å². The second kappa shape index (κ2) is 7.85. The minimum atomic E-state index is -0.237. The number of nitrogens with one attached hydrogen (secondary N) is 1. The first kappa shape index (κ1) is 17.0. The maximum atomic E-state index is 13.9. The lowest BCUT2D eigenvalue weighted by atomic mass is 10.1. The van der Waals surface area contributed by atoms with E-state index in [4.69, 9.17) is 0 Å². The molecule has 24 heavy (non-hydrogen) atoms. The Morgan fingerprint density at radius 2 is 2.29 bits per heavy atom. The number of hydrogen-bond donors (Lipinski definition) is 1. The summed E-state index contributed by atoms with van der Waals surface area (Å²) in [5.74, 6) is -0.129. The molecule has 0 unspecified atom stereocenters. The predicted octanol–water partition coefficient (Wildman–Crippen LogP) is 3.44. The highest BCUT2D eigenvalue weighted by molar-refractivity contribution is 7.13. The number of halogens is 1. The molecule has 1 aliphatic rings. The molecule has 0 spiro atoms. The van der Waals surface area contributed by atoms with Gasteiger partial charge in [0.15, 0.2) is 0 Å². The Kier molecular flexibility index (Phi) is 5.58. The van der Waals surface area contributed by atoms with Gasteiger partial charge in [-0.15, -0.1) is 11.3 Å². The summed E-state index contributed by atoms with van der Waals surface area (Å²) in [5, 5.41) is 5.79. The Hall–Kier alpha value is -1.79. The van der Waals surface area contributed by atoms with Crippen molar-refractivity contribution in [1.82, 2.24) is 15.2 Å². The normalized spacial score (nSPS) is 18.5. The number of aromatic nitrogens is 1. The van der Waals surface area contributed by atoms with Crippen LogP contribution in [0.4, 0.5) is 4.39 Å². The van der Waals surface area contributed by atoms with Gasteiger partial charge in [0, 0.05) is 36.5 Å². The molecular weight excluding hydrogens is 325 g/mol. The van der Waals surface area contributed by atoms with Gasteiger partial charge in [0.05, 0.1) is 5.69 Å². The number of rotatable bonds is 5. The summed E-state index contributed by atoms with van der Waals surface area (Å²) in [7, 11) is 0. The second-order valence-corrected chi connectivity index (χ2v) is 6.98. The van der Waals surface area contributed by atoms with E-state index >= 15 is 0 Å². The Labute approximate surface area is 145 Å². The van der Waals surface area contributed by atoms with Crippen molar-refractivity contribution < 1.29 is 9.18 Å². The summed E-state index contributed by atoms with van der Waals surface area (Å²) in [4.78, 5) is 18.5. The number of carbonyl (C=O) groups is 1. The van der Waals surface area contributed by atoms with Gasteiger partial charge in [-0.2, -0.15) is 0 Å². The molecular formula is C18H22FN3OS. The molecule has 1 aliphatic heterocycles. The fourth-order valence-electron chi connectivity index (χ4n) is 3.01. The molecule has 1 saturated heterocycles. The van der Waals surface area contributed by atoms with Gasteiger partial charge in [0.2, 0.25) is 5.91 Å². The van der Waals surface area contributed by atoms with Crippen molar-refractivity contribution in [1.29, 1.82) is 0 Å². The molecule has 0 bridgehead atoms. The molecule has 0 saturated carbocycles. The zero-order chi connectivity index (χ0) is 16.9. The molecule has 1 atom stereocenters. The molecule has 2 aromatic rings. The molecule has 4 nitrogen and oxygen atoms in total. The van der Waals surface area contributed by atoms with Gasteiger partial charge in [-0.05, 0) is 31.5 Å². The highest BCUT2D eigenvalue weighted by Crippen LogP contribution is 2.27. The molecule has 1 aromatic heterocycles. The first-order valence-corrected chi connectivity index (χ1v) is 9.24. The quantitative estimate of drug-likeness (QED) is 0.901. The van der Waals surface area contributed by atoms with Crippen LogP contribution in [-0.2, 0) is 11.3 Å². The Balaban J connectivity index is 1.62. The summed E-state index contributed by atoms with van der Waals surface area (Å²) in [6.07, 6.45) is 2.62. The number of piperidine rings is 1. The maximum Gasteiger partial charge on any atom is 0.219 e. The largest absolute Gasteiger partial charge is 0.352 e.